The predicted molar refractivity (Wildman–Crippen MR) is 112 cm³/mol. The minimum atomic E-state index is -0.106. The van der Waals surface area contributed by atoms with E-state index in [1.807, 2.05) is 54.6 Å². The zero-order valence-corrected chi connectivity index (χ0v) is 15.3. The molecular weight excluding hydrogens is 330 g/mol. The second-order valence-corrected chi connectivity index (χ2v) is 6.87. The summed E-state index contributed by atoms with van der Waals surface area (Å²) in [4.78, 5) is 0. The first-order chi connectivity index (χ1) is 13.2. The van der Waals surface area contributed by atoms with Crippen LogP contribution >= 0.6 is 0 Å². The van der Waals surface area contributed by atoms with Gasteiger partial charge in [-0.15, -0.1) is 0 Å². The van der Waals surface area contributed by atoms with Gasteiger partial charge in [-0.2, -0.15) is 0 Å². The number of nitrogens with one attached hydrogen (secondary N) is 1. The van der Waals surface area contributed by atoms with Crippen molar-refractivity contribution < 1.29 is 5.11 Å². The van der Waals surface area contributed by atoms with Gasteiger partial charge in [-0.25, -0.2) is 0 Å². The Labute approximate surface area is 160 Å². The third-order valence-electron chi connectivity index (χ3n) is 5.09. The Hall–Kier alpha value is -3.10. The van der Waals surface area contributed by atoms with Gasteiger partial charge in [0.25, 0.3) is 0 Å². The fourth-order valence-electron chi connectivity index (χ4n) is 3.60. The van der Waals surface area contributed by atoms with Crippen LogP contribution in [0.3, 0.4) is 0 Å². The first-order valence-electron chi connectivity index (χ1n) is 9.30. The van der Waals surface area contributed by atoms with Crippen molar-refractivity contribution in [3.63, 3.8) is 0 Å². The molecule has 27 heavy (non-hydrogen) atoms. The van der Waals surface area contributed by atoms with Crippen LogP contribution in [0.1, 0.15) is 35.7 Å². The van der Waals surface area contributed by atoms with Crippen LogP contribution in [0, 0.1) is 0 Å². The van der Waals surface area contributed by atoms with Crippen LogP contribution in [0.4, 0.5) is 0 Å². The van der Waals surface area contributed by atoms with Crippen molar-refractivity contribution >= 4 is 10.8 Å². The maximum Gasteiger partial charge on any atom is 0.128 e. The number of hydrogen-bond donors (Lipinski definition) is 2. The van der Waals surface area contributed by atoms with Crippen molar-refractivity contribution in [2.45, 2.75) is 19.0 Å². The number of rotatable bonds is 5. The van der Waals surface area contributed by atoms with E-state index in [-0.39, 0.29) is 12.1 Å². The summed E-state index contributed by atoms with van der Waals surface area (Å²) >= 11 is 0. The van der Waals surface area contributed by atoms with Crippen molar-refractivity contribution in [1.82, 2.24) is 5.32 Å². The normalized spacial score (nSPS) is 13.4. The first-order valence-corrected chi connectivity index (χ1v) is 9.30. The topological polar surface area (TPSA) is 32.3 Å². The van der Waals surface area contributed by atoms with Crippen LogP contribution in [-0.2, 0) is 0 Å². The van der Waals surface area contributed by atoms with E-state index in [1.54, 1.807) is 0 Å². The van der Waals surface area contributed by atoms with E-state index < -0.39 is 0 Å². The smallest absolute Gasteiger partial charge is 0.128 e. The minimum absolute atomic E-state index is 0.106. The van der Waals surface area contributed by atoms with Gasteiger partial charge in [-0.05, 0) is 23.4 Å². The maximum atomic E-state index is 11.0. The van der Waals surface area contributed by atoms with Crippen LogP contribution in [0.2, 0.25) is 0 Å². The van der Waals surface area contributed by atoms with Gasteiger partial charge in [0.15, 0.2) is 0 Å². The van der Waals surface area contributed by atoms with E-state index >= 15 is 0 Å². The Morgan fingerprint density at radius 1 is 0.667 bits per heavy atom. The van der Waals surface area contributed by atoms with Gasteiger partial charge >= 0.3 is 0 Å². The Kier molecular flexibility index (Phi) is 4.91. The summed E-state index contributed by atoms with van der Waals surface area (Å²) in [5.41, 5.74) is 3.24. The summed E-state index contributed by atoms with van der Waals surface area (Å²) in [5.74, 6) is 0.342. The molecule has 0 radical (unpaired) electrons. The number of phenolic OH excluding ortho intramolecular Hbond substituents is 1. The lowest BCUT2D eigenvalue weighted by Crippen LogP contribution is -2.25. The largest absolute Gasteiger partial charge is 0.507 e. The van der Waals surface area contributed by atoms with Crippen molar-refractivity contribution in [3.8, 4) is 5.75 Å². The number of phenols is 1. The summed E-state index contributed by atoms with van der Waals surface area (Å²) in [5, 5.41) is 16.7. The molecule has 0 saturated carbocycles. The average molecular weight is 353 g/mol. The number of benzene rings is 4. The molecule has 0 heterocycles. The van der Waals surface area contributed by atoms with Gasteiger partial charge < -0.3 is 5.11 Å². The Balaban J connectivity index is 1.78. The molecule has 0 aromatic heterocycles. The predicted octanol–water partition coefficient (Wildman–Crippen LogP) is 5.99. The number of hydrogen-bond acceptors (Lipinski definition) is 2. The van der Waals surface area contributed by atoms with Gasteiger partial charge in [0.05, 0.1) is 6.04 Å². The molecule has 0 aliphatic carbocycles. The molecule has 0 spiro atoms. The quantitative estimate of drug-likeness (QED) is 0.462. The molecule has 2 heteroatoms. The highest BCUT2D eigenvalue weighted by atomic mass is 16.3. The van der Waals surface area contributed by atoms with E-state index in [9.17, 15) is 5.11 Å². The molecular formula is C25H23NO. The SMILES string of the molecule is C[C@@H](N[C@H](c1ccccc1)c1ccc2ccccc2c1O)c1ccccc1. The van der Waals surface area contributed by atoms with E-state index in [2.05, 4.69) is 54.7 Å². The second-order valence-electron chi connectivity index (χ2n) is 6.87. The summed E-state index contributed by atoms with van der Waals surface area (Å²) in [7, 11) is 0. The van der Waals surface area contributed by atoms with Gasteiger partial charge in [0.1, 0.15) is 5.75 Å². The highest BCUT2D eigenvalue weighted by Crippen LogP contribution is 2.36. The van der Waals surface area contributed by atoms with Gasteiger partial charge in [0, 0.05) is 17.0 Å². The van der Waals surface area contributed by atoms with Gasteiger partial charge in [-0.1, -0.05) is 97.1 Å². The summed E-state index contributed by atoms with van der Waals surface area (Å²) in [6, 6.07) is 32.8. The van der Waals surface area contributed by atoms with Crippen molar-refractivity contribution in [2.24, 2.45) is 0 Å². The first kappa shape index (κ1) is 17.3. The third-order valence-corrected chi connectivity index (χ3v) is 5.09. The second kappa shape index (κ2) is 7.65. The highest BCUT2D eigenvalue weighted by Gasteiger charge is 2.21. The molecule has 4 aromatic rings. The molecule has 0 fully saturated rings. The lowest BCUT2D eigenvalue weighted by Gasteiger charge is -2.26. The van der Waals surface area contributed by atoms with Gasteiger partial charge in [-0.3, -0.25) is 5.32 Å². The molecule has 4 rings (SSSR count). The molecule has 0 aliphatic rings. The lowest BCUT2D eigenvalue weighted by molar-refractivity contribution is 0.452. The zero-order chi connectivity index (χ0) is 18.6. The molecule has 2 nitrogen and oxygen atoms in total. The van der Waals surface area contributed by atoms with Crippen molar-refractivity contribution in [3.05, 3.63) is 114 Å². The van der Waals surface area contributed by atoms with Crippen LogP contribution in [0.15, 0.2) is 97.1 Å². The van der Waals surface area contributed by atoms with Crippen LogP contribution in [0.25, 0.3) is 10.8 Å². The number of aromatic hydroxyl groups is 1. The van der Waals surface area contributed by atoms with Gasteiger partial charge in [0.2, 0.25) is 0 Å². The fourth-order valence-corrected chi connectivity index (χ4v) is 3.60. The average Bonchev–Trinajstić information content (AvgIpc) is 2.74. The fraction of sp³-hybridized carbons (Fsp3) is 0.120. The van der Waals surface area contributed by atoms with E-state index in [0.29, 0.717) is 5.75 Å². The third kappa shape index (κ3) is 3.57. The maximum absolute atomic E-state index is 11.0. The van der Waals surface area contributed by atoms with Crippen LogP contribution in [-0.4, -0.2) is 5.11 Å². The standard InChI is InChI=1S/C25H23NO/c1-18(19-10-4-2-5-11-19)26-24(21-13-6-3-7-14-21)23-17-16-20-12-8-9-15-22(20)25(23)27/h2-18,24,26-27H,1H3/t18-,24-/m1/s1. The molecule has 0 bridgehead atoms. The summed E-state index contributed by atoms with van der Waals surface area (Å²) in [6.45, 7) is 2.16. The van der Waals surface area contributed by atoms with E-state index in [1.165, 1.54) is 5.56 Å². The monoisotopic (exact) mass is 353 g/mol. The number of fused-ring (bicyclic) bond motifs is 1. The van der Waals surface area contributed by atoms with Crippen LogP contribution < -0.4 is 5.32 Å². The molecule has 0 aliphatic heterocycles. The molecule has 0 unspecified atom stereocenters. The minimum Gasteiger partial charge on any atom is -0.507 e. The molecule has 4 aromatic carbocycles. The molecule has 2 atom stereocenters. The highest BCUT2D eigenvalue weighted by molar-refractivity contribution is 5.89. The summed E-state index contributed by atoms with van der Waals surface area (Å²) in [6.07, 6.45) is 0. The molecule has 0 amide bonds. The Morgan fingerprint density at radius 2 is 1.26 bits per heavy atom. The van der Waals surface area contributed by atoms with Crippen molar-refractivity contribution in [2.75, 3.05) is 0 Å². The Bertz CT molecular complexity index is 1030. The van der Waals surface area contributed by atoms with Crippen LogP contribution in [0.5, 0.6) is 5.75 Å². The lowest BCUT2D eigenvalue weighted by atomic mass is 9.93. The molecule has 2 N–H and O–H groups in total. The molecule has 0 saturated heterocycles. The zero-order valence-electron chi connectivity index (χ0n) is 15.3. The summed E-state index contributed by atoms with van der Waals surface area (Å²) < 4.78 is 0. The Morgan fingerprint density at radius 3 is 1.96 bits per heavy atom. The molecule has 134 valence electrons. The van der Waals surface area contributed by atoms with E-state index in [0.717, 1.165) is 21.9 Å². The van der Waals surface area contributed by atoms with E-state index in [4.69, 9.17) is 0 Å². The van der Waals surface area contributed by atoms with Crippen molar-refractivity contribution in [1.29, 1.82) is 0 Å².